The molecule has 0 aromatic heterocycles. The number of rotatable bonds is 11. The quantitative estimate of drug-likeness (QED) is 0.138. The van der Waals surface area contributed by atoms with E-state index in [1.54, 1.807) is 0 Å². The number of halogens is 3. The van der Waals surface area contributed by atoms with Crippen molar-refractivity contribution in [3.63, 3.8) is 0 Å². The molecular weight excluding hydrogens is 671 g/mol. The van der Waals surface area contributed by atoms with E-state index in [4.69, 9.17) is 44.3 Å². The summed E-state index contributed by atoms with van der Waals surface area (Å²) in [7, 11) is 2.00. The normalized spacial score (nSPS) is 21.1. The Morgan fingerprint density at radius 3 is 2.17 bits per heavy atom. The summed E-state index contributed by atoms with van der Waals surface area (Å²) < 4.78 is 11.3. The minimum atomic E-state index is -2.04. The number of hydrogen-bond acceptors (Lipinski definition) is 6. The molecular formula is C38H41Cl3N2O5. The highest BCUT2D eigenvalue weighted by atomic mass is 35.6. The predicted molar refractivity (Wildman–Crippen MR) is 190 cm³/mol. The van der Waals surface area contributed by atoms with Crippen molar-refractivity contribution < 1.29 is 24.5 Å². The minimum Gasteiger partial charge on any atom is -0.392 e. The first-order valence-electron chi connectivity index (χ1n) is 15.9. The summed E-state index contributed by atoms with van der Waals surface area (Å²) in [5.41, 5.74) is 6.30. The molecule has 1 aliphatic heterocycles. The fourth-order valence-corrected chi connectivity index (χ4v) is 6.20. The SMILES string of the molecule is C[C@@H]1[C@H](CN(C)[C@H](C)[C@@H](O)c2ccccc2)O[C@H](c2ccc(-c3ccccc3CNC(=O)C(Cl)(Cl)Cl)cc2)O[C@@H]1c1ccc(CO)cc1. The molecule has 1 saturated heterocycles. The first-order chi connectivity index (χ1) is 23.0. The lowest BCUT2D eigenvalue weighted by molar-refractivity contribution is -0.276. The molecule has 1 aliphatic rings. The molecule has 1 amide bonds. The summed E-state index contributed by atoms with van der Waals surface area (Å²) >= 11 is 17.2. The number of likely N-dealkylation sites (N-methyl/N-ethyl adjacent to an activating group) is 1. The number of ether oxygens (including phenoxy) is 2. The lowest BCUT2D eigenvalue weighted by Gasteiger charge is -2.43. The van der Waals surface area contributed by atoms with Gasteiger partial charge in [0.25, 0.3) is 9.70 Å². The van der Waals surface area contributed by atoms with E-state index in [2.05, 4.69) is 17.1 Å². The van der Waals surface area contributed by atoms with Gasteiger partial charge in [0.05, 0.1) is 24.9 Å². The smallest absolute Gasteiger partial charge is 0.272 e. The van der Waals surface area contributed by atoms with Crippen molar-refractivity contribution in [2.45, 2.75) is 61.4 Å². The number of alkyl halides is 3. The molecule has 0 radical (unpaired) electrons. The van der Waals surface area contributed by atoms with Crippen LogP contribution in [-0.2, 0) is 27.4 Å². The molecule has 4 aromatic rings. The Hall–Kier alpha value is -2.98. The number of nitrogens with zero attached hydrogens (tertiary/aromatic N) is 1. The van der Waals surface area contributed by atoms with Crippen LogP contribution in [0.25, 0.3) is 11.1 Å². The van der Waals surface area contributed by atoms with Crippen LogP contribution in [-0.4, -0.2) is 50.6 Å². The Balaban J connectivity index is 1.38. The highest BCUT2D eigenvalue weighted by Gasteiger charge is 2.39. The molecule has 0 aliphatic carbocycles. The number of carbonyl (C=O) groups is 1. The standard InChI is InChI=1S/C38H41Cl3N2O5/c1-24-33(22-43(3)25(2)34(45)28-9-5-4-6-10-28)47-36(48-35(24)29-15-13-26(23-44)14-16-29)30-19-17-27(18-20-30)32-12-8-7-11-31(32)21-42-37(46)38(39,40)41/h4-20,24-25,33-36,44-45H,21-23H2,1-3H3,(H,42,46)/t24-,25-,33+,34-,35+,36+/m1/s1. The Morgan fingerprint density at radius 1 is 0.896 bits per heavy atom. The van der Waals surface area contributed by atoms with Crippen LogP contribution < -0.4 is 5.32 Å². The molecule has 0 bridgehead atoms. The first-order valence-corrected chi connectivity index (χ1v) is 17.1. The van der Waals surface area contributed by atoms with Crippen molar-refractivity contribution in [1.29, 1.82) is 0 Å². The molecule has 0 unspecified atom stereocenters. The van der Waals surface area contributed by atoms with Crippen LogP contribution in [0.1, 0.15) is 60.2 Å². The van der Waals surface area contributed by atoms with E-state index in [0.717, 1.165) is 38.9 Å². The van der Waals surface area contributed by atoms with Crippen LogP contribution in [0.15, 0.2) is 103 Å². The van der Waals surface area contributed by atoms with Crippen molar-refractivity contribution >= 4 is 40.7 Å². The third-order valence-electron chi connectivity index (χ3n) is 9.09. The fourth-order valence-electron chi connectivity index (χ4n) is 6.00. The van der Waals surface area contributed by atoms with Gasteiger partial charge < -0.3 is 25.0 Å². The van der Waals surface area contributed by atoms with E-state index in [1.807, 2.05) is 117 Å². The number of aliphatic hydroxyl groups excluding tert-OH is 2. The largest absolute Gasteiger partial charge is 0.392 e. The topological polar surface area (TPSA) is 91.3 Å². The van der Waals surface area contributed by atoms with Crippen LogP contribution in [0.5, 0.6) is 0 Å². The van der Waals surface area contributed by atoms with Gasteiger partial charge in [-0.2, -0.15) is 0 Å². The molecule has 0 saturated carbocycles. The molecule has 1 heterocycles. The maximum atomic E-state index is 12.2. The van der Waals surface area contributed by atoms with Crippen LogP contribution in [0.2, 0.25) is 0 Å². The predicted octanol–water partition coefficient (Wildman–Crippen LogP) is 7.68. The summed E-state index contributed by atoms with van der Waals surface area (Å²) in [6, 6.07) is 33.0. The monoisotopic (exact) mass is 710 g/mol. The summed E-state index contributed by atoms with van der Waals surface area (Å²) in [4.78, 5) is 14.3. The van der Waals surface area contributed by atoms with E-state index in [-0.39, 0.29) is 37.3 Å². The molecule has 5 rings (SSSR count). The molecule has 1 fully saturated rings. The van der Waals surface area contributed by atoms with Crippen molar-refractivity contribution in [3.05, 3.63) is 131 Å². The van der Waals surface area contributed by atoms with Gasteiger partial charge in [-0.15, -0.1) is 0 Å². The fraction of sp³-hybridized carbons (Fsp3) is 0.342. The second kappa shape index (κ2) is 16.2. The number of aliphatic hydroxyl groups is 2. The van der Waals surface area contributed by atoms with Crippen LogP contribution in [0.4, 0.5) is 0 Å². The van der Waals surface area contributed by atoms with Crippen molar-refractivity contribution in [2.24, 2.45) is 5.92 Å². The van der Waals surface area contributed by atoms with Crippen molar-refractivity contribution in [3.8, 4) is 11.1 Å². The minimum absolute atomic E-state index is 0.0150. The molecule has 4 aromatic carbocycles. The van der Waals surface area contributed by atoms with Gasteiger partial charge in [0.15, 0.2) is 6.29 Å². The van der Waals surface area contributed by atoms with Crippen molar-refractivity contribution in [1.82, 2.24) is 10.2 Å². The average molecular weight is 712 g/mol. The summed E-state index contributed by atoms with van der Waals surface area (Å²) in [5, 5.41) is 23.4. The second-order valence-electron chi connectivity index (χ2n) is 12.3. The number of benzene rings is 4. The van der Waals surface area contributed by atoms with Gasteiger partial charge in [-0.05, 0) is 47.4 Å². The average Bonchev–Trinajstić information content (AvgIpc) is 3.11. The molecule has 0 spiro atoms. The molecule has 6 atom stereocenters. The summed E-state index contributed by atoms with van der Waals surface area (Å²) in [6.45, 7) is 4.88. The zero-order valence-corrected chi connectivity index (χ0v) is 29.4. The van der Waals surface area contributed by atoms with Crippen LogP contribution in [0.3, 0.4) is 0 Å². The Morgan fingerprint density at radius 2 is 1.52 bits per heavy atom. The van der Waals surface area contributed by atoms with Gasteiger partial charge in [-0.1, -0.05) is 145 Å². The third-order valence-corrected chi connectivity index (χ3v) is 9.61. The number of hydrogen-bond donors (Lipinski definition) is 3. The zero-order valence-electron chi connectivity index (χ0n) is 27.1. The second-order valence-corrected chi connectivity index (χ2v) is 14.6. The van der Waals surface area contributed by atoms with Gasteiger partial charge in [-0.25, -0.2) is 0 Å². The number of carbonyl (C=O) groups excluding carboxylic acids is 1. The van der Waals surface area contributed by atoms with E-state index < -0.39 is 22.1 Å². The van der Waals surface area contributed by atoms with E-state index in [1.165, 1.54) is 0 Å². The Labute approximate surface area is 297 Å². The van der Waals surface area contributed by atoms with Crippen molar-refractivity contribution in [2.75, 3.05) is 13.6 Å². The van der Waals surface area contributed by atoms with Gasteiger partial charge in [0, 0.05) is 30.6 Å². The lowest BCUT2D eigenvalue weighted by Crippen LogP contribution is -2.46. The summed E-state index contributed by atoms with van der Waals surface area (Å²) in [5.74, 6) is -0.706. The molecule has 7 nitrogen and oxygen atoms in total. The lowest BCUT2D eigenvalue weighted by atomic mass is 9.89. The highest BCUT2D eigenvalue weighted by molar-refractivity contribution is 6.76. The molecule has 48 heavy (non-hydrogen) atoms. The maximum absolute atomic E-state index is 12.2. The zero-order chi connectivity index (χ0) is 34.4. The Kier molecular flexibility index (Phi) is 12.2. The van der Waals surface area contributed by atoms with Crippen LogP contribution in [0, 0.1) is 5.92 Å². The third kappa shape index (κ3) is 8.78. The first kappa shape index (κ1) is 36.3. The molecule has 10 heteroatoms. The summed E-state index contributed by atoms with van der Waals surface area (Å²) in [6.07, 6.45) is -1.80. The number of nitrogens with one attached hydrogen (secondary N) is 1. The van der Waals surface area contributed by atoms with E-state index >= 15 is 0 Å². The molecule has 254 valence electrons. The molecule has 3 N–H and O–H groups in total. The van der Waals surface area contributed by atoms with Crippen LogP contribution >= 0.6 is 34.8 Å². The van der Waals surface area contributed by atoms with Gasteiger partial charge in [0.2, 0.25) is 0 Å². The van der Waals surface area contributed by atoms with Gasteiger partial charge in [-0.3, -0.25) is 9.69 Å². The van der Waals surface area contributed by atoms with E-state index in [0.29, 0.717) is 6.54 Å². The van der Waals surface area contributed by atoms with E-state index in [9.17, 15) is 15.0 Å². The highest BCUT2D eigenvalue weighted by Crippen LogP contribution is 2.42. The Bertz CT molecular complexity index is 1630. The van der Waals surface area contributed by atoms with Gasteiger partial charge in [0.1, 0.15) is 0 Å². The maximum Gasteiger partial charge on any atom is 0.272 e. The van der Waals surface area contributed by atoms with Gasteiger partial charge >= 0.3 is 0 Å². The number of amides is 1.